The molecule has 0 aliphatic rings. The standard InChI is InChI=1S/C13H20N2O2.ClH/c1-13(2,3)11(14)12(16)15-9-6-5-7-10(8-9)17-4;/h5-8,11H,14H2,1-4H3,(H,15,16);1H/t11-;/m1./s1. The molecule has 0 unspecified atom stereocenters. The lowest BCUT2D eigenvalue weighted by Gasteiger charge is -2.25. The molecule has 1 rings (SSSR count). The van der Waals surface area contributed by atoms with Gasteiger partial charge in [-0.1, -0.05) is 26.8 Å². The Balaban J connectivity index is 0.00000289. The lowest BCUT2D eigenvalue weighted by molar-refractivity contribution is -0.119. The maximum atomic E-state index is 11.9. The van der Waals surface area contributed by atoms with Gasteiger partial charge in [0.2, 0.25) is 5.91 Å². The van der Waals surface area contributed by atoms with Gasteiger partial charge in [-0.15, -0.1) is 12.4 Å². The van der Waals surface area contributed by atoms with Crippen LogP contribution in [0.2, 0.25) is 0 Å². The first-order valence-corrected chi connectivity index (χ1v) is 5.55. The van der Waals surface area contributed by atoms with Crippen LogP contribution >= 0.6 is 12.4 Å². The van der Waals surface area contributed by atoms with Gasteiger partial charge in [-0.2, -0.15) is 0 Å². The number of hydrogen-bond donors (Lipinski definition) is 2. The molecule has 1 atom stereocenters. The number of ether oxygens (including phenoxy) is 1. The lowest BCUT2D eigenvalue weighted by Crippen LogP contribution is -2.45. The highest BCUT2D eigenvalue weighted by atomic mass is 35.5. The Morgan fingerprint density at radius 1 is 1.39 bits per heavy atom. The van der Waals surface area contributed by atoms with Crippen LogP contribution in [0.3, 0.4) is 0 Å². The lowest BCUT2D eigenvalue weighted by atomic mass is 9.87. The molecule has 0 bridgehead atoms. The van der Waals surface area contributed by atoms with Gasteiger partial charge in [0.05, 0.1) is 13.2 Å². The second-order valence-electron chi connectivity index (χ2n) is 5.06. The van der Waals surface area contributed by atoms with E-state index in [0.29, 0.717) is 11.4 Å². The van der Waals surface area contributed by atoms with Crippen molar-refractivity contribution in [2.75, 3.05) is 12.4 Å². The highest BCUT2D eigenvalue weighted by Crippen LogP contribution is 2.20. The largest absolute Gasteiger partial charge is 0.497 e. The van der Waals surface area contributed by atoms with E-state index in [0.717, 1.165) is 0 Å². The van der Waals surface area contributed by atoms with Crippen LogP contribution in [0.5, 0.6) is 5.75 Å². The minimum absolute atomic E-state index is 0. The summed E-state index contributed by atoms with van der Waals surface area (Å²) in [7, 11) is 1.59. The molecule has 0 saturated heterocycles. The molecule has 18 heavy (non-hydrogen) atoms. The molecule has 102 valence electrons. The van der Waals surface area contributed by atoms with Crippen molar-refractivity contribution in [2.45, 2.75) is 26.8 Å². The minimum atomic E-state index is -0.547. The molecule has 3 N–H and O–H groups in total. The van der Waals surface area contributed by atoms with Crippen molar-refractivity contribution in [1.29, 1.82) is 0 Å². The number of carbonyl (C=O) groups excluding carboxylic acids is 1. The van der Waals surface area contributed by atoms with Gasteiger partial charge in [-0.25, -0.2) is 0 Å². The van der Waals surface area contributed by atoms with E-state index in [2.05, 4.69) is 5.32 Å². The molecule has 0 fully saturated rings. The number of amides is 1. The first-order chi connectivity index (χ1) is 7.84. The average Bonchev–Trinajstić information content (AvgIpc) is 2.27. The van der Waals surface area contributed by atoms with Crippen molar-refractivity contribution in [1.82, 2.24) is 0 Å². The third-order valence-electron chi connectivity index (χ3n) is 2.55. The van der Waals surface area contributed by atoms with E-state index in [-0.39, 0.29) is 23.7 Å². The molecule has 0 heterocycles. The van der Waals surface area contributed by atoms with E-state index in [9.17, 15) is 4.79 Å². The summed E-state index contributed by atoms with van der Waals surface area (Å²) in [4.78, 5) is 11.9. The van der Waals surface area contributed by atoms with Gasteiger partial charge in [-0.3, -0.25) is 4.79 Å². The van der Waals surface area contributed by atoms with Crippen LogP contribution in [-0.2, 0) is 4.79 Å². The summed E-state index contributed by atoms with van der Waals surface area (Å²) in [6, 6.07) is 6.65. The van der Waals surface area contributed by atoms with Gasteiger partial charge < -0.3 is 15.8 Å². The molecule has 1 aromatic carbocycles. The van der Waals surface area contributed by atoms with Gasteiger partial charge in [0.1, 0.15) is 5.75 Å². The van der Waals surface area contributed by atoms with Crippen molar-refractivity contribution in [3.63, 3.8) is 0 Å². The van der Waals surface area contributed by atoms with Crippen LogP contribution in [0.25, 0.3) is 0 Å². The molecule has 0 aliphatic heterocycles. The fourth-order valence-electron chi connectivity index (χ4n) is 1.31. The van der Waals surface area contributed by atoms with Crippen LogP contribution in [0.15, 0.2) is 24.3 Å². The van der Waals surface area contributed by atoms with E-state index < -0.39 is 6.04 Å². The van der Waals surface area contributed by atoms with Gasteiger partial charge in [0.25, 0.3) is 0 Å². The number of benzene rings is 1. The third kappa shape index (κ3) is 4.55. The molecule has 0 spiro atoms. The van der Waals surface area contributed by atoms with Crippen LogP contribution in [-0.4, -0.2) is 19.1 Å². The minimum Gasteiger partial charge on any atom is -0.497 e. The number of nitrogens with one attached hydrogen (secondary N) is 1. The summed E-state index contributed by atoms with van der Waals surface area (Å²) in [6.45, 7) is 5.80. The number of rotatable bonds is 3. The van der Waals surface area contributed by atoms with Gasteiger partial charge >= 0.3 is 0 Å². The van der Waals surface area contributed by atoms with E-state index >= 15 is 0 Å². The molecule has 4 nitrogen and oxygen atoms in total. The average molecular weight is 273 g/mol. The van der Waals surface area contributed by atoms with Gasteiger partial charge in [-0.05, 0) is 17.5 Å². The molecule has 5 heteroatoms. The van der Waals surface area contributed by atoms with Gasteiger partial charge in [0.15, 0.2) is 0 Å². The predicted octanol–water partition coefficient (Wildman–Crippen LogP) is 2.43. The normalized spacial score (nSPS) is 12.3. The fraction of sp³-hybridized carbons (Fsp3) is 0.462. The van der Waals surface area contributed by atoms with E-state index in [1.54, 1.807) is 19.2 Å². The summed E-state index contributed by atoms with van der Waals surface area (Å²) in [5, 5.41) is 2.78. The Kier molecular flexibility index (Phi) is 6.15. The Labute approximate surface area is 114 Å². The van der Waals surface area contributed by atoms with Crippen LogP contribution in [0.4, 0.5) is 5.69 Å². The number of hydrogen-bond acceptors (Lipinski definition) is 3. The molecule has 0 radical (unpaired) electrons. The van der Waals surface area contributed by atoms with Crippen molar-refractivity contribution in [2.24, 2.45) is 11.1 Å². The smallest absolute Gasteiger partial charge is 0.241 e. The molecular formula is C13H21ClN2O2. The van der Waals surface area contributed by atoms with E-state index in [1.807, 2.05) is 32.9 Å². The quantitative estimate of drug-likeness (QED) is 0.888. The summed E-state index contributed by atoms with van der Waals surface area (Å²) >= 11 is 0. The molecule has 0 aliphatic carbocycles. The highest BCUT2D eigenvalue weighted by molar-refractivity contribution is 5.95. The first kappa shape index (κ1) is 16.7. The molecular weight excluding hydrogens is 252 g/mol. The third-order valence-corrected chi connectivity index (χ3v) is 2.55. The van der Waals surface area contributed by atoms with Crippen LogP contribution in [0, 0.1) is 5.41 Å². The van der Waals surface area contributed by atoms with E-state index in [1.165, 1.54) is 0 Å². The van der Waals surface area contributed by atoms with Gasteiger partial charge in [0, 0.05) is 11.8 Å². The fourth-order valence-corrected chi connectivity index (χ4v) is 1.31. The number of anilines is 1. The second kappa shape index (κ2) is 6.61. The maximum Gasteiger partial charge on any atom is 0.241 e. The SMILES string of the molecule is COc1cccc(NC(=O)[C@@H](N)C(C)(C)C)c1.Cl. The van der Waals surface area contributed by atoms with Crippen molar-refractivity contribution in [3.8, 4) is 5.75 Å². The van der Waals surface area contributed by atoms with Crippen LogP contribution in [0.1, 0.15) is 20.8 Å². The Hall–Kier alpha value is -1.26. The molecule has 1 amide bonds. The zero-order valence-electron chi connectivity index (χ0n) is 11.2. The Bertz CT molecular complexity index is 402. The molecule has 0 aromatic heterocycles. The predicted molar refractivity (Wildman–Crippen MR) is 76.3 cm³/mol. The summed E-state index contributed by atoms with van der Waals surface area (Å²) < 4.78 is 5.08. The summed E-state index contributed by atoms with van der Waals surface area (Å²) in [6.07, 6.45) is 0. The summed E-state index contributed by atoms with van der Waals surface area (Å²) in [5.41, 5.74) is 6.30. The second-order valence-corrected chi connectivity index (χ2v) is 5.06. The number of carbonyl (C=O) groups is 1. The summed E-state index contributed by atoms with van der Waals surface area (Å²) in [5.74, 6) is 0.512. The number of halogens is 1. The Morgan fingerprint density at radius 2 is 2.00 bits per heavy atom. The van der Waals surface area contributed by atoms with Crippen molar-refractivity contribution < 1.29 is 9.53 Å². The van der Waals surface area contributed by atoms with Crippen molar-refractivity contribution >= 4 is 24.0 Å². The number of nitrogens with two attached hydrogens (primary N) is 1. The van der Waals surface area contributed by atoms with Crippen molar-refractivity contribution in [3.05, 3.63) is 24.3 Å². The topological polar surface area (TPSA) is 64.3 Å². The Morgan fingerprint density at radius 3 is 2.50 bits per heavy atom. The highest BCUT2D eigenvalue weighted by Gasteiger charge is 2.27. The van der Waals surface area contributed by atoms with Crippen LogP contribution < -0.4 is 15.8 Å². The maximum absolute atomic E-state index is 11.9. The molecule has 0 saturated carbocycles. The van der Waals surface area contributed by atoms with E-state index in [4.69, 9.17) is 10.5 Å². The monoisotopic (exact) mass is 272 g/mol. The zero-order chi connectivity index (χ0) is 13.1. The first-order valence-electron chi connectivity index (χ1n) is 5.55. The molecule has 1 aromatic rings. The number of methoxy groups -OCH3 is 1. The zero-order valence-corrected chi connectivity index (χ0v) is 12.0.